The molecule has 0 spiro atoms. The third kappa shape index (κ3) is 5.44. The molecule has 2 aromatic carbocycles. The van der Waals surface area contributed by atoms with Crippen molar-refractivity contribution >= 4 is 18.0 Å². The molecular formula is C19H17F2NO6. The molecule has 0 aliphatic carbocycles. The van der Waals surface area contributed by atoms with Crippen LogP contribution in [0.2, 0.25) is 0 Å². The van der Waals surface area contributed by atoms with Crippen molar-refractivity contribution in [3.8, 4) is 23.0 Å². The van der Waals surface area contributed by atoms with Crippen molar-refractivity contribution in [1.29, 1.82) is 0 Å². The van der Waals surface area contributed by atoms with E-state index in [0.717, 1.165) is 6.08 Å². The van der Waals surface area contributed by atoms with E-state index in [9.17, 15) is 18.4 Å². The smallest absolute Gasteiger partial charge is 0.387 e. The van der Waals surface area contributed by atoms with Crippen molar-refractivity contribution in [2.75, 3.05) is 14.2 Å². The molecule has 0 fully saturated rings. The highest BCUT2D eigenvalue weighted by atomic mass is 19.3. The fraction of sp³-hybridized carbons (Fsp3) is 0.158. The molecule has 2 rings (SSSR count). The van der Waals surface area contributed by atoms with Gasteiger partial charge in [-0.15, -0.1) is 0 Å². The Morgan fingerprint density at radius 2 is 1.75 bits per heavy atom. The molecule has 0 saturated carbocycles. The van der Waals surface area contributed by atoms with Gasteiger partial charge in [-0.25, -0.2) is 4.79 Å². The van der Waals surface area contributed by atoms with Gasteiger partial charge in [0, 0.05) is 12.1 Å². The summed E-state index contributed by atoms with van der Waals surface area (Å²) in [6.07, 6.45) is 2.47. The first-order chi connectivity index (χ1) is 13.3. The van der Waals surface area contributed by atoms with E-state index in [1.807, 2.05) is 0 Å². The standard InChI is InChI=1S/C19H17F2NO6/c1-25-12-5-6-13(18(22)24)15(10-12)27-17(23)8-4-11-3-7-14(28-19(20)21)16(9-11)26-2/h3-10,19H,1-2H3,(H2,22,24)/b8-4+. The van der Waals surface area contributed by atoms with E-state index in [1.54, 1.807) is 0 Å². The molecule has 0 radical (unpaired) electrons. The van der Waals surface area contributed by atoms with Gasteiger partial charge < -0.3 is 24.7 Å². The molecule has 0 heterocycles. The molecule has 2 aromatic rings. The first kappa shape index (κ1) is 20.7. The highest BCUT2D eigenvalue weighted by Gasteiger charge is 2.14. The van der Waals surface area contributed by atoms with Crippen LogP contribution in [0.4, 0.5) is 8.78 Å². The van der Waals surface area contributed by atoms with E-state index in [1.165, 1.54) is 56.7 Å². The number of esters is 1. The molecule has 2 N–H and O–H groups in total. The van der Waals surface area contributed by atoms with Gasteiger partial charge in [0.25, 0.3) is 5.91 Å². The average molecular weight is 393 g/mol. The summed E-state index contributed by atoms with van der Waals surface area (Å²) in [5.41, 5.74) is 5.74. The van der Waals surface area contributed by atoms with Crippen LogP contribution >= 0.6 is 0 Å². The minimum Gasteiger partial charge on any atom is -0.497 e. The zero-order valence-electron chi connectivity index (χ0n) is 15.0. The molecule has 0 unspecified atom stereocenters. The second kappa shape index (κ2) is 9.36. The summed E-state index contributed by atoms with van der Waals surface area (Å²) in [5, 5.41) is 0. The summed E-state index contributed by atoms with van der Waals surface area (Å²) in [5.74, 6) is -1.31. The number of amides is 1. The van der Waals surface area contributed by atoms with Crippen LogP contribution in [0.25, 0.3) is 6.08 Å². The first-order valence-electron chi connectivity index (χ1n) is 7.84. The number of halogens is 2. The Hall–Kier alpha value is -3.62. The predicted octanol–water partition coefficient (Wildman–Crippen LogP) is 3.02. The van der Waals surface area contributed by atoms with Crippen LogP contribution in [0.5, 0.6) is 23.0 Å². The van der Waals surface area contributed by atoms with Crippen LogP contribution in [0, 0.1) is 0 Å². The summed E-state index contributed by atoms with van der Waals surface area (Å²) in [7, 11) is 2.71. The van der Waals surface area contributed by atoms with Gasteiger partial charge in [-0.05, 0) is 35.9 Å². The Bertz CT molecular complexity index is 898. The lowest BCUT2D eigenvalue weighted by molar-refractivity contribution is -0.128. The van der Waals surface area contributed by atoms with E-state index in [2.05, 4.69) is 4.74 Å². The van der Waals surface area contributed by atoms with Gasteiger partial charge in [-0.1, -0.05) is 6.07 Å². The normalized spacial score (nSPS) is 10.8. The molecule has 28 heavy (non-hydrogen) atoms. The van der Waals surface area contributed by atoms with E-state index < -0.39 is 18.5 Å². The molecule has 0 aromatic heterocycles. The maximum atomic E-state index is 12.3. The number of ether oxygens (including phenoxy) is 4. The Labute approximate surface area is 159 Å². The Morgan fingerprint density at radius 3 is 2.36 bits per heavy atom. The molecule has 7 nitrogen and oxygen atoms in total. The van der Waals surface area contributed by atoms with Gasteiger partial charge in [0.2, 0.25) is 0 Å². The second-order valence-electron chi connectivity index (χ2n) is 5.27. The van der Waals surface area contributed by atoms with Gasteiger partial charge >= 0.3 is 12.6 Å². The number of alkyl halides is 2. The van der Waals surface area contributed by atoms with Crippen LogP contribution < -0.4 is 24.7 Å². The van der Waals surface area contributed by atoms with Crippen molar-refractivity contribution in [1.82, 2.24) is 0 Å². The van der Waals surface area contributed by atoms with Gasteiger partial charge in [-0.3, -0.25) is 4.79 Å². The molecule has 0 atom stereocenters. The van der Waals surface area contributed by atoms with Crippen LogP contribution in [-0.2, 0) is 4.79 Å². The molecule has 0 aliphatic heterocycles. The van der Waals surface area contributed by atoms with Crippen LogP contribution in [0.3, 0.4) is 0 Å². The van der Waals surface area contributed by atoms with Crippen molar-refractivity contribution in [2.24, 2.45) is 5.73 Å². The highest BCUT2D eigenvalue weighted by molar-refractivity contribution is 5.97. The first-order valence-corrected chi connectivity index (χ1v) is 7.84. The van der Waals surface area contributed by atoms with Crippen LogP contribution in [-0.4, -0.2) is 32.7 Å². The highest BCUT2D eigenvalue weighted by Crippen LogP contribution is 2.30. The largest absolute Gasteiger partial charge is 0.497 e. The Balaban J connectivity index is 2.17. The van der Waals surface area contributed by atoms with Gasteiger partial charge in [0.1, 0.15) is 11.5 Å². The SMILES string of the molecule is COc1ccc(C(N)=O)c(OC(=O)/C=C/c2ccc(OC(F)F)c(OC)c2)c1. The van der Waals surface area contributed by atoms with Gasteiger partial charge in [0.15, 0.2) is 11.5 Å². The number of rotatable bonds is 8. The number of benzene rings is 2. The minimum atomic E-state index is -2.99. The molecule has 1 amide bonds. The zero-order valence-corrected chi connectivity index (χ0v) is 15.0. The quantitative estimate of drug-likeness (QED) is 0.421. The van der Waals surface area contributed by atoms with E-state index >= 15 is 0 Å². The van der Waals surface area contributed by atoms with Crippen molar-refractivity contribution < 1.29 is 37.3 Å². The minimum absolute atomic E-state index is 0.0118. The maximum Gasteiger partial charge on any atom is 0.387 e. The summed E-state index contributed by atoms with van der Waals surface area (Å²) in [6, 6.07) is 8.36. The van der Waals surface area contributed by atoms with E-state index in [0.29, 0.717) is 11.3 Å². The van der Waals surface area contributed by atoms with Crippen molar-refractivity contribution in [2.45, 2.75) is 6.61 Å². The Morgan fingerprint density at radius 1 is 1.00 bits per heavy atom. The number of carbonyl (C=O) groups excluding carboxylic acids is 2. The van der Waals surface area contributed by atoms with Crippen molar-refractivity contribution in [3.63, 3.8) is 0 Å². The van der Waals surface area contributed by atoms with Crippen molar-refractivity contribution in [3.05, 3.63) is 53.6 Å². The summed E-state index contributed by atoms with van der Waals surface area (Å²) in [4.78, 5) is 23.5. The third-order valence-electron chi connectivity index (χ3n) is 3.48. The topological polar surface area (TPSA) is 97.1 Å². The van der Waals surface area contributed by atoms with Gasteiger partial charge in [-0.2, -0.15) is 8.78 Å². The fourth-order valence-electron chi connectivity index (χ4n) is 2.21. The molecule has 0 aliphatic rings. The third-order valence-corrected chi connectivity index (χ3v) is 3.48. The average Bonchev–Trinajstić information content (AvgIpc) is 2.66. The molecule has 148 valence electrons. The number of carbonyl (C=O) groups is 2. The molecular weight excluding hydrogens is 376 g/mol. The number of primary amides is 1. The lowest BCUT2D eigenvalue weighted by Gasteiger charge is -2.10. The number of nitrogens with two attached hydrogens (primary N) is 1. The van der Waals surface area contributed by atoms with E-state index in [-0.39, 0.29) is 22.8 Å². The number of hydrogen-bond acceptors (Lipinski definition) is 6. The monoisotopic (exact) mass is 393 g/mol. The summed E-state index contributed by atoms with van der Waals surface area (Å²) < 4.78 is 44.2. The second-order valence-corrected chi connectivity index (χ2v) is 5.27. The summed E-state index contributed by atoms with van der Waals surface area (Å²) in [6.45, 7) is -2.99. The summed E-state index contributed by atoms with van der Waals surface area (Å²) >= 11 is 0. The lowest BCUT2D eigenvalue weighted by Crippen LogP contribution is -2.15. The van der Waals surface area contributed by atoms with Gasteiger partial charge in [0.05, 0.1) is 19.8 Å². The number of methoxy groups -OCH3 is 2. The van der Waals surface area contributed by atoms with Crippen LogP contribution in [0.1, 0.15) is 15.9 Å². The predicted molar refractivity (Wildman–Crippen MR) is 95.8 cm³/mol. The molecule has 0 bridgehead atoms. The fourth-order valence-corrected chi connectivity index (χ4v) is 2.21. The molecule has 9 heteroatoms. The zero-order chi connectivity index (χ0) is 20.7. The van der Waals surface area contributed by atoms with E-state index in [4.69, 9.17) is 19.9 Å². The van der Waals surface area contributed by atoms with Crippen LogP contribution in [0.15, 0.2) is 42.5 Å². The maximum absolute atomic E-state index is 12.3. The Kier molecular flexibility index (Phi) is 6.91. The lowest BCUT2D eigenvalue weighted by atomic mass is 10.1. The number of hydrogen-bond donors (Lipinski definition) is 1. The molecule has 0 saturated heterocycles.